The van der Waals surface area contributed by atoms with Crippen LogP contribution < -0.4 is 4.74 Å². The molecule has 0 radical (unpaired) electrons. The second-order valence-electron chi connectivity index (χ2n) is 8.44. The van der Waals surface area contributed by atoms with Crippen LogP contribution in [0.2, 0.25) is 0 Å². The quantitative estimate of drug-likeness (QED) is 0.721. The molecule has 1 N–H and O–H groups in total. The SMILES string of the molecule is COc1ccc(CC(=O)O[C@@H]2CC(C)=C3C(=O)C=C(CO)[C@@H]3[C@H]3OC(=O)[C@@H](C)[C@@H]32)cc1. The van der Waals surface area contributed by atoms with Gasteiger partial charge in [-0.25, -0.2) is 0 Å². The van der Waals surface area contributed by atoms with Gasteiger partial charge in [-0.05, 0) is 36.3 Å². The van der Waals surface area contributed by atoms with Gasteiger partial charge in [0.1, 0.15) is 18.0 Å². The van der Waals surface area contributed by atoms with Gasteiger partial charge in [-0.15, -0.1) is 0 Å². The van der Waals surface area contributed by atoms with Crippen LogP contribution in [0.3, 0.4) is 0 Å². The maximum absolute atomic E-state index is 12.7. The van der Waals surface area contributed by atoms with Gasteiger partial charge in [-0.3, -0.25) is 14.4 Å². The summed E-state index contributed by atoms with van der Waals surface area (Å²) in [6.07, 6.45) is 0.635. The molecule has 0 saturated carbocycles. The number of ether oxygens (including phenoxy) is 3. The molecule has 3 aliphatic rings. The molecule has 7 heteroatoms. The first-order valence-electron chi connectivity index (χ1n) is 10.4. The summed E-state index contributed by atoms with van der Waals surface area (Å²) >= 11 is 0. The van der Waals surface area contributed by atoms with E-state index in [1.165, 1.54) is 6.08 Å². The zero-order valence-electron chi connectivity index (χ0n) is 17.8. The highest BCUT2D eigenvalue weighted by Crippen LogP contribution is 2.48. The zero-order chi connectivity index (χ0) is 22.3. The third kappa shape index (κ3) is 3.78. The van der Waals surface area contributed by atoms with Crippen LogP contribution in [-0.2, 0) is 30.3 Å². The van der Waals surface area contributed by atoms with Gasteiger partial charge in [0.2, 0.25) is 0 Å². The van der Waals surface area contributed by atoms with E-state index in [0.717, 1.165) is 11.1 Å². The van der Waals surface area contributed by atoms with Crippen molar-refractivity contribution in [2.75, 3.05) is 13.7 Å². The molecule has 0 bridgehead atoms. The molecule has 7 nitrogen and oxygen atoms in total. The normalized spacial score (nSPS) is 29.7. The van der Waals surface area contributed by atoms with E-state index >= 15 is 0 Å². The first-order chi connectivity index (χ1) is 14.8. The lowest BCUT2D eigenvalue weighted by Crippen LogP contribution is -2.38. The van der Waals surface area contributed by atoms with Crippen LogP contribution in [-0.4, -0.2) is 48.8 Å². The number of rotatable bonds is 5. The standard InChI is InChI=1S/C24H26O7/c1-12-8-18(30-19(27)9-14-4-6-16(29-3)7-5-14)21-13(2)24(28)31-23(21)22-15(11-25)10-17(26)20(12)22/h4-7,10,13,18,21-23,25H,8-9,11H2,1-3H3/t13-,18+,21+,22-,23-/m0/s1. The van der Waals surface area contributed by atoms with Gasteiger partial charge in [0.05, 0.1) is 26.1 Å². The predicted molar refractivity (Wildman–Crippen MR) is 110 cm³/mol. The van der Waals surface area contributed by atoms with Gasteiger partial charge in [0, 0.05) is 23.8 Å². The second kappa shape index (κ2) is 8.30. The Kier molecular flexibility index (Phi) is 5.71. The van der Waals surface area contributed by atoms with Gasteiger partial charge in [-0.1, -0.05) is 24.6 Å². The number of aliphatic hydroxyl groups is 1. The zero-order valence-corrected chi connectivity index (χ0v) is 17.8. The number of fused-ring (bicyclic) bond motifs is 3. The Morgan fingerprint density at radius 3 is 2.58 bits per heavy atom. The van der Waals surface area contributed by atoms with Crippen molar-refractivity contribution in [3.05, 3.63) is 52.6 Å². The number of carbonyl (C=O) groups excluding carboxylic acids is 3. The van der Waals surface area contributed by atoms with E-state index in [1.54, 1.807) is 38.3 Å². The number of ketones is 1. The van der Waals surface area contributed by atoms with Crippen molar-refractivity contribution >= 4 is 17.7 Å². The van der Waals surface area contributed by atoms with Crippen LogP contribution in [0.25, 0.3) is 0 Å². The highest BCUT2D eigenvalue weighted by molar-refractivity contribution is 6.09. The van der Waals surface area contributed by atoms with Crippen molar-refractivity contribution < 1.29 is 33.7 Å². The Hall–Kier alpha value is -2.93. The molecule has 0 aromatic heterocycles. The van der Waals surface area contributed by atoms with Crippen molar-refractivity contribution in [1.29, 1.82) is 0 Å². The van der Waals surface area contributed by atoms with Crippen LogP contribution in [0.5, 0.6) is 5.75 Å². The number of methoxy groups -OCH3 is 1. The molecule has 5 atom stereocenters. The molecule has 31 heavy (non-hydrogen) atoms. The summed E-state index contributed by atoms with van der Waals surface area (Å²) < 4.78 is 16.7. The minimum atomic E-state index is -0.640. The van der Waals surface area contributed by atoms with Gasteiger partial charge in [0.25, 0.3) is 0 Å². The molecule has 1 fully saturated rings. The molecule has 4 rings (SSSR count). The lowest BCUT2D eigenvalue weighted by molar-refractivity contribution is -0.152. The molecular weight excluding hydrogens is 400 g/mol. The Balaban J connectivity index is 1.59. The lowest BCUT2D eigenvalue weighted by Gasteiger charge is -2.29. The van der Waals surface area contributed by atoms with Gasteiger partial charge >= 0.3 is 11.9 Å². The van der Waals surface area contributed by atoms with E-state index in [9.17, 15) is 19.5 Å². The molecule has 0 amide bonds. The average Bonchev–Trinajstić information content (AvgIpc) is 3.19. The third-order valence-corrected chi connectivity index (χ3v) is 6.57. The fourth-order valence-corrected chi connectivity index (χ4v) is 5.04. The van der Waals surface area contributed by atoms with Crippen LogP contribution in [0.1, 0.15) is 25.8 Å². The molecular formula is C24H26O7. The van der Waals surface area contributed by atoms with E-state index in [1.807, 2.05) is 6.92 Å². The van der Waals surface area contributed by atoms with E-state index in [2.05, 4.69) is 0 Å². The summed E-state index contributed by atoms with van der Waals surface area (Å²) in [5.41, 5.74) is 2.68. The topological polar surface area (TPSA) is 99.1 Å². The molecule has 0 unspecified atom stereocenters. The summed E-state index contributed by atoms with van der Waals surface area (Å²) in [6.45, 7) is 3.31. The summed E-state index contributed by atoms with van der Waals surface area (Å²) in [5.74, 6) is -1.62. The Labute approximate surface area is 180 Å². The highest BCUT2D eigenvalue weighted by atomic mass is 16.6. The Morgan fingerprint density at radius 2 is 1.94 bits per heavy atom. The van der Waals surface area contributed by atoms with Gasteiger partial charge < -0.3 is 19.3 Å². The fourth-order valence-electron chi connectivity index (χ4n) is 5.04. The number of esters is 2. The summed E-state index contributed by atoms with van der Waals surface area (Å²) in [7, 11) is 1.58. The average molecular weight is 426 g/mol. The fraction of sp³-hybridized carbons (Fsp3) is 0.458. The Bertz CT molecular complexity index is 972. The molecule has 0 spiro atoms. The summed E-state index contributed by atoms with van der Waals surface area (Å²) in [4.78, 5) is 37.8. The maximum Gasteiger partial charge on any atom is 0.310 e. The van der Waals surface area contributed by atoms with Crippen molar-refractivity contribution in [3.8, 4) is 5.75 Å². The number of hydrogen-bond acceptors (Lipinski definition) is 7. The number of carbonyl (C=O) groups is 3. The lowest BCUT2D eigenvalue weighted by atomic mass is 9.79. The van der Waals surface area contributed by atoms with E-state index in [4.69, 9.17) is 14.2 Å². The van der Waals surface area contributed by atoms with Crippen molar-refractivity contribution in [3.63, 3.8) is 0 Å². The molecule has 2 aliphatic carbocycles. The largest absolute Gasteiger partial charge is 0.497 e. The first-order valence-corrected chi connectivity index (χ1v) is 10.4. The van der Waals surface area contributed by atoms with Crippen molar-refractivity contribution in [1.82, 2.24) is 0 Å². The van der Waals surface area contributed by atoms with Gasteiger partial charge in [0.15, 0.2) is 5.78 Å². The van der Waals surface area contributed by atoms with E-state index in [-0.39, 0.29) is 24.8 Å². The summed E-state index contributed by atoms with van der Waals surface area (Å²) in [5, 5.41) is 9.79. The molecule has 1 aromatic rings. The van der Waals surface area contributed by atoms with E-state index in [0.29, 0.717) is 23.3 Å². The van der Waals surface area contributed by atoms with Crippen LogP contribution in [0.15, 0.2) is 47.1 Å². The summed E-state index contributed by atoms with van der Waals surface area (Å²) in [6, 6.07) is 7.16. The van der Waals surface area contributed by atoms with Crippen LogP contribution in [0.4, 0.5) is 0 Å². The minimum absolute atomic E-state index is 0.0842. The number of hydrogen-bond donors (Lipinski definition) is 1. The molecule has 164 valence electrons. The molecule has 1 heterocycles. The predicted octanol–water partition coefficient (Wildman–Crippen LogP) is 2.17. The van der Waals surface area contributed by atoms with Crippen molar-refractivity contribution in [2.24, 2.45) is 17.8 Å². The van der Waals surface area contributed by atoms with Crippen molar-refractivity contribution in [2.45, 2.75) is 38.9 Å². The smallest absolute Gasteiger partial charge is 0.310 e. The van der Waals surface area contributed by atoms with Gasteiger partial charge in [-0.2, -0.15) is 0 Å². The van der Waals surface area contributed by atoms with E-state index < -0.39 is 35.9 Å². The molecule has 1 aliphatic heterocycles. The highest BCUT2D eigenvalue weighted by Gasteiger charge is 2.55. The molecule has 1 aromatic carbocycles. The third-order valence-electron chi connectivity index (χ3n) is 6.57. The number of aliphatic hydroxyl groups excluding tert-OH is 1. The van der Waals surface area contributed by atoms with Crippen LogP contribution in [0, 0.1) is 17.8 Å². The van der Waals surface area contributed by atoms with Crippen LogP contribution >= 0.6 is 0 Å². The number of benzene rings is 1. The number of allylic oxidation sites excluding steroid dienone is 1. The Morgan fingerprint density at radius 1 is 1.23 bits per heavy atom. The maximum atomic E-state index is 12.7. The first kappa shape index (κ1) is 21.3. The monoisotopic (exact) mass is 426 g/mol. The minimum Gasteiger partial charge on any atom is -0.497 e. The molecule has 1 saturated heterocycles. The second-order valence-corrected chi connectivity index (χ2v) is 8.44.